The van der Waals surface area contributed by atoms with Gasteiger partial charge in [-0.15, -0.1) is 0 Å². The van der Waals surface area contributed by atoms with E-state index in [2.05, 4.69) is 16.9 Å². The lowest BCUT2D eigenvalue weighted by atomic mass is 9.87. The SMILES string of the molecule is Cn1nc(C(=O)O)c2c1CN(CC1(C)CCCC1)CC2. The van der Waals surface area contributed by atoms with Crippen molar-refractivity contribution in [3.05, 3.63) is 17.0 Å². The molecule has 5 heteroatoms. The van der Waals surface area contributed by atoms with Crippen LogP contribution in [0.4, 0.5) is 0 Å². The molecule has 1 aromatic heterocycles. The molecule has 1 aliphatic heterocycles. The van der Waals surface area contributed by atoms with Gasteiger partial charge >= 0.3 is 5.97 Å². The van der Waals surface area contributed by atoms with Crippen molar-refractivity contribution in [2.75, 3.05) is 13.1 Å². The third kappa shape index (κ3) is 2.35. The zero-order valence-electron chi connectivity index (χ0n) is 12.4. The van der Waals surface area contributed by atoms with E-state index in [0.717, 1.165) is 37.3 Å². The molecule has 0 spiro atoms. The fraction of sp³-hybridized carbons (Fsp3) is 0.733. The predicted molar refractivity (Wildman–Crippen MR) is 75.7 cm³/mol. The van der Waals surface area contributed by atoms with E-state index >= 15 is 0 Å². The minimum atomic E-state index is -0.905. The van der Waals surface area contributed by atoms with Crippen LogP contribution < -0.4 is 0 Å². The van der Waals surface area contributed by atoms with E-state index in [1.165, 1.54) is 25.7 Å². The Bertz CT molecular complexity index is 529. The predicted octanol–water partition coefficient (Wildman–Crippen LogP) is 2.06. The second-order valence-corrected chi connectivity index (χ2v) is 6.68. The van der Waals surface area contributed by atoms with Crippen molar-refractivity contribution in [3.8, 4) is 0 Å². The Morgan fingerprint density at radius 2 is 2.10 bits per heavy atom. The van der Waals surface area contributed by atoms with Crippen LogP contribution in [-0.2, 0) is 20.0 Å². The topological polar surface area (TPSA) is 58.4 Å². The number of carbonyl (C=O) groups is 1. The molecule has 1 saturated carbocycles. The minimum Gasteiger partial charge on any atom is -0.476 e. The highest BCUT2D eigenvalue weighted by molar-refractivity contribution is 5.87. The zero-order valence-corrected chi connectivity index (χ0v) is 12.4. The summed E-state index contributed by atoms with van der Waals surface area (Å²) in [5, 5.41) is 13.4. The Morgan fingerprint density at radius 1 is 1.40 bits per heavy atom. The van der Waals surface area contributed by atoms with Gasteiger partial charge in [-0.05, 0) is 24.7 Å². The number of hydrogen-bond acceptors (Lipinski definition) is 3. The summed E-state index contributed by atoms with van der Waals surface area (Å²) in [4.78, 5) is 13.7. The van der Waals surface area contributed by atoms with E-state index in [1.54, 1.807) is 4.68 Å². The van der Waals surface area contributed by atoms with E-state index in [0.29, 0.717) is 5.41 Å². The molecule has 0 bridgehead atoms. The van der Waals surface area contributed by atoms with E-state index in [9.17, 15) is 9.90 Å². The van der Waals surface area contributed by atoms with Gasteiger partial charge in [0.2, 0.25) is 0 Å². The Labute approximate surface area is 119 Å². The van der Waals surface area contributed by atoms with Gasteiger partial charge in [0.25, 0.3) is 0 Å². The molecule has 110 valence electrons. The highest BCUT2D eigenvalue weighted by Gasteiger charge is 2.33. The van der Waals surface area contributed by atoms with Gasteiger partial charge in [0.1, 0.15) is 0 Å². The van der Waals surface area contributed by atoms with Crippen molar-refractivity contribution >= 4 is 5.97 Å². The average Bonchev–Trinajstić information content (AvgIpc) is 2.95. The molecule has 1 N–H and O–H groups in total. The van der Waals surface area contributed by atoms with Gasteiger partial charge in [0, 0.05) is 32.2 Å². The lowest BCUT2D eigenvalue weighted by Crippen LogP contribution is -2.38. The lowest BCUT2D eigenvalue weighted by Gasteiger charge is -2.34. The van der Waals surface area contributed by atoms with Crippen LogP contribution in [0.1, 0.15) is 54.4 Å². The first-order valence-corrected chi connectivity index (χ1v) is 7.49. The van der Waals surface area contributed by atoms with Crippen LogP contribution in [0.3, 0.4) is 0 Å². The molecule has 0 amide bonds. The van der Waals surface area contributed by atoms with Crippen molar-refractivity contribution in [3.63, 3.8) is 0 Å². The van der Waals surface area contributed by atoms with Gasteiger partial charge < -0.3 is 5.11 Å². The number of nitrogens with zero attached hydrogens (tertiary/aromatic N) is 3. The first kappa shape index (κ1) is 13.6. The van der Waals surface area contributed by atoms with E-state index in [-0.39, 0.29) is 5.69 Å². The number of fused-ring (bicyclic) bond motifs is 1. The average molecular weight is 277 g/mol. The molecule has 0 aromatic carbocycles. The third-order valence-electron chi connectivity index (χ3n) is 4.94. The lowest BCUT2D eigenvalue weighted by molar-refractivity contribution is 0.0687. The van der Waals surface area contributed by atoms with Crippen molar-refractivity contribution in [1.82, 2.24) is 14.7 Å². The quantitative estimate of drug-likeness (QED) is 0.918. The van der Waals surface area contributed by atoms with E-state index in [4.69, 9.17) is 0 Å². The Kier molecular flexibility index (Phi) is 3.32. The van der Waals surface area contributed by atoms with Crippen LogP contribution in [0, 0.1) is 5.41 Å². The van der Waals surface area contributed by atoms with Crippen LogP contribution in [0.5, 0.6) is 0 Å². The van der Waals surface area contributed by atoms with Gasteiger partial charge in [-0.3, -0.25) is 9.58 Å². The summed E-state index contributed by atoms with van der Waals surface area (Å²) >= 11 is 0. The van der Waals surface area contributed by atoms with Crippen LogP contribution in [0.15, 0.2) is 0 Å². The Hall–Kier alpha value is -1.36. The van der Waals surface area contributed by atoms with E-state index < -0.39 is 5.97 Å². The maximum Gasteiger partial charge on any atom is 0.356 e. The molecule has 1 fully saturated rings. The summed E-state index contributed by atoms with van der Waals surface area (Å²) in [6, 6.07) is 0. The van der Waals surface area contributed by atoms with Crippen molar-refractivity contribution in [2.45, 2.75) is 45.6 Å². The highest BCUT2D eigenvalue weighted by Crippen LogP contribution is 2.39. The molecule has 2 heterocycles. The van der Waals surface area contributed by atoms with Crippen molar-refractivity contribution in [2.24, 2.45) is 12.5 Å². The van der Waals surface area contributed by atoms with Crippen molar-refractivity contribution in [1.29, 1.82) is 0 Å². The molecular formula is C15H23N3O2. The highest BCUT2D eigenvalue weighted by atomic mass is 16.4. The molecule has 0 atom stereocenters. The molecule has 3 rings (SSSR count). The summed E-state index contributed by atoms with van der Waals surface area (Å²) < 4.78 is 1.75. The number of rotatable bonds is 3. The maximum atomic E-state index is 11.2. The van der Waals surface area contributed by atoms with Crippen LogP contribution >= 0.6 is 0 Å². The molecule has 5 nitrogen and oxygen atoms in total. The first-order chi connectivity index (χ1) is 9.48. The molecule has 0 saturated heterocycles. The summed E-state index contributed by atoms with van der Waals surface area (Å²) in [6.45, 7) is 5.30. The Morgan fingerprint density at radius 3 is 2.75 bits per heavy atom. The standard InChI is InChI=1S/C15H23N3O2/c1-15(6-3-4-7-15)10-18-8-5-11-12(9-18)17(2)16-13(11)14(19)20/h3-10H2,1-2H3,(H,19,20). The molecule has 0 radical (unpaired) electrons. The van der Waals surface area contributed by atoms with Crippen molar-refractivity contribution < 1.29 is 9.90 Å². The largest absolute Gasteiger partial charge is 0.476 e. The number of aromatic carboxylic acids is 1. The number of aryl methyl sites for hydroxylation is 1. The second kappa shape index (κ2) is 4.88. The van der Waals surface area contributed by atoms with E-state index in [1.807, 2.05) is 7.05 Å². The first-order valence-electron chi connectivity index (χ1n) is 7.49. The fourth-order valence-electron chi connectivity index (χ4n) is 3.86. The summed E-state index contributed by atoms with van der Waals surface area (Å²) in [6.07, 6.45) is 6.15. The van der Waals surface area contributed by atoms with Gasteiger partial charge in [-0.2, -0.15) is 5.10 Å². The number of carboxylic acid groups (broad SMARTS) is 1. The molecule has 0 unspecified atom stereocenters. The monoisotopic (exact) mass is 277 g/mol. The zero-order chi connectivity index (χ0) is 14.3. The van der Waals surface area contributed by atoms with Crippen LogP contribution in [-0.4, -0.2) is 38.8 Å². The molecular weight excluding hydrogens is 254 g/mol. The van der Waals surface area contributed by atoms with Gasteiger partial charge in [-0.1, -0.05) is 19.8 Å². The molecule has 20 heavy (non-hydrogen) atoms. The number of aromatic nitrogens is 2. The van der Waals surface area contributed by atoms with Gasteiger partial charge in [0.05, 0.1) is 5.69 Å². The number of hydrogen-bond donors (Lipinski definition) is 1. The summed E-state index contributed by atoms with van der Waals surface area (Å²) in [7, 11) is 1.85. The van der Waals surface area contributed by atoms with Crippen LogP contribution in [0.25, 0.3) is 0 Å². The molecule has 1 aromatic rings. The normalized spacial score (nSPS) is 21.9. The maximum absolute atomic E-state index is 11.2. The summed E-state index contributed by atoms with van der Waals surface area (Å²) in [5.74, 6) is -0.905. The second-order valence-electron chi connectivity index (χ2n) is 6.68. The fourth-order valence-corrected chi connectivity index (χ4v) is 3.86. The van der Waals surface area contributed by atoms with Gasteiger partial charge in [0.15, 0.2) is 5.69 Å². The molecule has 2 aliphatic rings. The van der Waals surface area contributed by atoms with Crippen LogP contribution in [0.2, 0.25) is 0 Å². The number of carboxylic acids is 1. The smallest absolute Gasteiger partial charge is 0.356 e. The minimum absolute atomic E-state index is 0.245. The molecule has 1 aliphatic carbocycles. The van der Waals surface area contributed by atoms with Gasteiger partial charge in [-0.25, -0.2) is 4.79 Å². The Balaban J connectivity index is 1.77. The summed E-state index contributed by atoms with van der Waals surface area (Å²) in [5.41, 5.74) is 2.71. The third-order valence-corrected chi connectivity index (χ3v) is 4.94.